The predicted molar refractivity (Wildman–Crippen MR) is 160 cm³/mol. The van der Waals surface area contributed by atoms with Gasteiger partial charge >= 0.3 is 0 Å². The van der Waals surface area contributed by atoms with E-state index in [1.165, 1.54) is 6.42 Å². The van der Waals surface area contributed by atoms with E-state index in [2.05, 4.69) is 23.2 Å². The number of benzene rings is 2. The summed E-state index contributed by atoms with van der Waals surface area (Å²) >= 11 is 0. The third-order valence-electron chi connectivity index (χ3n) is 7.70. The molecule has 7 heteroatoms. The Hall–Kier alpha value is -4.10. The topological polar surface area (TPSA) is 84.8 Å². The van der Waals surface area contributed by atoms with Gasteiger partial charge in [-0.15, -0.1) is 0 Å². The summed E-state index contributed by atoms with van der Waals surface area (Å²) in [6, 6.07) is 19.0. The Labute approximate surface area is 234 Å². The number of allylic oxidation sites excluding steroid dienone is 2. The molecule has 0 aliphatic heterocycles. The summed E-state index contributed by atoms with van der Waals surface area (Å²) in [6.45, 7) is 6.64. The van der Waals surface area contributed by atoms with Gasteiger partial charge in [-0.1, -0.05) is 86.9 Å². The largest absolute Gasteiger partial charge is 0.373 e. The third-order valence-corrected chi connectivity index (χ3v) is 7.70. The van der Waals surface area contributed by atoms with Crippen LogP contribution in [0.5, 0.6) is 0 Å². The number of nitrogens with one attached hydrogen (secondary N) is 2. The van der Waals surface area contributed by atoms with Crippen LogP contribution < -0.4 is 11.1 Å². The molecule has 2 aromatic heterocycles. The molecule has 5 rings (SSSR count). The molecular formula is C33H38N4O3. The van der Waals surface area contributed by atoms with Crippen molar-refractivity contribution in [2.24, 2.45) is 5.92 Å². The Morgan fingerprint density at radius 2 is 1.27 bits per heavy atom. The van der Waals surface area contributed by atoms with Gasteiger partial charge in [0.2, 0.25) is 0 Å². The minimum Gasteiger partial charge on any atom is -0.373 e. The minimum absolute atomic E-state index is 0.162. The molecule has 0 spiro atoms. The van der Waals surface area contributed by atoms with E-state index in [0.717, 1.165) is 42.0 Å². The number of hydrogen-bond donors (Lipinski definition) is 2. The molecule has 0 bridgehead atoms. The van der Waals surface area contributed by atoms with Crippen molar-refractivity contribution in [1.82, 2.24) is 19.6 Å². The highest BCUT2D eigenvalue weighted by atomic mass is 16.5. The van der Waals surface area contributed by atoms with Crippen LogP contribution in [-0.4, -0.2) is 32.3 Å². The van der Waals surface area contributed by atoms with Gasteiger partial charge in [0.25, 0.3) is 11.1 Å². The van der Waals surface area contributed by atoms with Crippen LogP contribution in [0, 0.1) is 19.8 Å². The van der Waals surface area contributed by atoms with E-state index >= 15 is 0 Å². The summed E-state index contributed by atoms with van der Waals surface area (Å²) < 4.78 is 9.57. The van der Waals surface area contributed by atoms with E-state index in [9.17, 15) is 9.59 Å². The van der Waals surface area contributed by atoms with Crippen LogP contribution in [0.25, 0.3) is 11.4 Å². The standard InChI is InChI=1S/C33H38N4O3/c1-4-5-6-15-22-40-28-21-14-13-20-27(28)31(29-23(2)34-36(32(29)38)25-16-9-7-10-17-25)30-24(3)35-37(33(30)39)26-18-11-8-12-19-26/h7-14,16-21,27-28,31,34-35H,4-6,15,22H2,1-3H3/t27-,28-/m1/s1. The van der Waals surface area contributed by atoms with Gasteiger partial charge in [0.15, 0.2) is 0 Å². The van der Waals surface area contributed by atoms with E-state index in [1.54, 1.807) is 9.36 Å². The smallest absolute Gasteiger partial charge is 0.275 e. The van der Waals surface area contributed by atoms with E-state index in [-0.39, 0.29) is 23.1 Å². The Morgan fingerprint density at radius 3 is 1.80 bits per heavy atom. The summed E-state index contributed by atoms with van der Waals surface area (Å²) in [5.74, 6) is -0.765. The van der Waals surface area contributed by atoms with E-state index in [1.807, 2.05) is 92.7 Å². The van der Waals surface area contributed by atoms with Crippen molar-refractivity contribution in [3.8, 4) is 11.4 Å². The van der Waals surface area contributed by atoms with Crippen LogP contribution in [0.1, 0.15) is 61.0 Å². The number of nitrogens with zero attached hydrogens (tertiary/aromatic N) is 2. The number of rotatable bonds is 11. The quantitative estimate of drug-likeness (QED) is 0.226. The first-order valence-electron chi connectivity index (χ1n) is 14.2. The number of aromatic amines is 2. The Balaban J connectivity index is 1.64. The zero-order valence-corrected chi connectivity index (χ0v) is 23.5. The van der Waals surface area contributed by atoms with Gasteiger partial charge in [-0.2, -0.15) is 0 Å². The van der Waals surface area contributed by atoms with Crippen LogP contribution in [0.15, 0.2) is 94.6 Å². The number of unbranched alkanes of at least 4 members (excludes halogenated alkanes) is 3. The van der Waals surface area contributed by atoms with E-state index in [0.29, 0.717) is 17.7 Å². The fourth-order valence-corrected chi connectivity index (χ4v) is 5.72. The number of para-hydroxylation sites is 2. The molecule has 0 unspecified atom stereocenters. The molecular weight excluding hydrogens is 500 g/mol. The maximum atomic E-state index is 14.1. The minimum atomic E-state index is -0.524. The summed E-state index contributed by atoms with van der Waals surface area (Å²) in [4.78, 5) is 28.2. The normalized spacial score (nSPS) is 16.7. The first-order valence-corrected chi connectivity index (χ1v) is 14.2. The Kier molecular flexibility index (Phi) is 8.51. The zero-order valence-electron chi connectivity index (χ0n) is 23.5. The van der Waals surface area contributed by atoms with Crippen LogP contribution in [0.3, 0.4) is 0 Å². The molecule has 4 aromatic rings. The molecule has 0 saturated heterocycles. The predicted octanol–water partition coefficient (Wildman–Crippen LogP) is 6.10. The highest BCUT2D eigenvalue weighted by Crippen LogP contribution is 2.38. The Morgan fingerprint density at radius 1 is 0.750 bits per heavy atom. The van der Waals surface area contributed by atoms with Crippen molar-refractivity contribution in [2.75, 3.05) is 6.61 Å². The molecule has 208 valence electrons. The van der Waals surface area contributed by atoms with Crippen molar-refractivity contribution >= 4 is 0 Å². The first kappa shape index (κ1) is 27.5. The maximum Gasteiger partial charge on any atom is 0.275 e. The highest BCUT2D eigenvalue weighted by Gasteiger charge is 2.38. The van der Waals surface area contributed by atoms with Crippen LogP contribution >= 0.6 is 0 Å². The molecule has 2 N–H and O–H groups in total. The van der Waals surface area contributed by atoms with Crippen LogP contribution in [-0.2, 0) is 4.74 Å². The molecule has 0 radical (unpaired) electrons. The summed E-state index contributed by atoms with van der Waals surface area (Å²) in [6.07, 6.45) is 12.3. The summed E-state index contributed by atoms with van der Waals surface area (Å²) in [7, 11) is 0. The fourth-order valence-electron chi connectivity index (χ4n) is 5.72. The van der Waals surface area contributed by atoms with E-state index < -0.39 is 5.92 Å². The van der Waals surface area contributed by atoms with E-state index in [4.69, 9.17) is 4.74 Å². The molecule has 0 saturated carbocycles. The molecule has 1 aliphatic rings. The highest BCUT2D eigenvalue weighted by molar-refractivity contribution is 5.43. The monoisotopic (exact) mass is 538 g/mol. The van der Waals surface area contributed by atoms with Gasteiger partial charge in [-0.3, -0.25) is 19.8 Å². The SMILES string of the molecule is CCCCCCO[C@@H]1C=CC=C[C@H]1C(c1c(C)[nH]n(-c2ccccc2)c1=O)c1c(C)[nH]n(-c2ccccc2)c1=O. The van der Waals surface area contributed by atoms with Crippen molar-refractivity contribution < 1.29 is 4.74 Å². The molecule has 7 nitrogen and oxygen atoms in total. The van der Waals surface area contributed by atoms with Crippen LogP contribution in [0.4, 0.5) is 0 Å². The summed E-state index contributed by atoms with van der Waals surface area (Å²) in [5.41, 5.74) is 3.78. The van der Waals surface area contributed by atoms with Crippen molar-refractivity contribution in [3.05, 3.63) is 128 Å². The third kappa shape index (κ3) is 5.47. The maximum absolute atomic E-state index is 14.1. The molecule has 2 heterocycles. The lowest BCUT2D eigenvalue weighted by Gasteiger charge is -2.31. The van der Waals surface area contributed by atoms with Gasteiger partial charge in [-0.25, -0.2) is 9.36 Å². The lowest BCUT2D eigenvalue weighted by atomic mass is 9.76. The van der Waals surface area contributed by atoms with Crippen LogP contribution in [0.2, 0.25) is 0 Å². The molecule has 1 aliphatic carbocycles. The zero-order chi connectivity index (χ0) is 28.1. The summed E-state index contributed by atoms with van der Waals surface area (Å²) in [5, 5.41) is 6.56. The first-order chi connectivity index (χ1) is 19.5. The molecule has 2 atom stereocenters. The second kappa shape index (κ2) is 12.4. The molecule has 40 heavy (non-hydrogen) atoms. The average molecular weight is 539 g/mol. The number of hydrogen-bond acceptors (Lipinski definition) is 3. The molecule has 2 aromatic carbocycles. The average Bonchev–Trinajstić information content (AvgIpc) is 3.44. The van der Waals surface area contributed by atoms with Crippen molar-refractivity contribution in [3.63, 3.8) is 0 Å². The fraction of sp³-hybridized carbons (Fsp3) is 0.333. The molecule has 0 amide bonds. The number of H-pyrrole nitrogens is 2. The Bertz CT molecular complexity index is 1490. The van der Waals surface area contributed by atoms with Crippen molar-refractivity contribution in [2.45, 2.75) is 58.5 Å². The molecule has 0 fully saturated rings. The van der Waals surface area contributed by atoms with Gasteiger partial charge < -0.3 is 4.74 Å². The second-order valence-electron chi connectivity index (χ2n) is 10.5. The van der Waals surface area contributed by atoms with Gasteiger partial charge in [0.1, 0.15) is 0 Å². The van der Waals surface area contributed by atoms with Gasteiger partial charge in [0.05, 0.1) is 17.5 Å². The second-order valence-corrected chi connectivity index (χ2v) is 10.5. The lowest BCUT2D eigenvalue weighted by molar-refractivity contribution is 0.0498. The van der Waals surface area contributed by atoms with Gasteiger partial charge in [-0.05, 0) is 44.5 Å². The lowest BCUT2D eigenvalue weighted by Crippen LogP contribution is -2.34. The number of aromatic nitrogens is 4. The number of ether oxygens (including phenoxy) is 1. The number of aryl methyl sites for hydroxylation is 2. The van der Waals surface area contributed by atoms with Gasteiger partial charge in [0, 0.05) is 41.0 Å². The van der Waals surface area contributed by atoms with Crippen molar-refractivity contribution in [1.29, 1.82) is 0 Å².